The number of aryl methyl sites for hydroxylation is 1. The molecule has 0 aliphatic carbocycles. The molecule has 0 bridgehead atoms. The number of nitrogens with zero attached hydrogens (tertiary/aromatic N) is 7. The number of anilines is 4. The molecule has 0 amide bonds. The van der Waals surface area contributed by atoms with E-state index in [2.05, 4.69) is 53.5 Å². The molecule has 2 aliphatic heterocycles. The highest BCUT2D eigenvalue weighted by Crippen LogP contribution is 2.34. The van der Waals surface area contributed by atoms with Crippen molar-refractivity contribution in [1.82, 2.24) is 19.4 Å². The zero-order valence-electron chi connectivity index (χ0n) is 21.2. The first-order valence-corrected chi connectivity index (χ1v) is 13.1. The summed E-state index contributed by atoms with van der Waals surface area (Å²) < 4.78 is 7.40. The van der Waals surface area contributed by atoms with E-state index in [1.807, 2.05) is 25.3 Å². The number of piperazine rings is 1. The molecule has 37 heavy (non-hydrogen) atoms. The lowest BCUT2D eigenvalue weighted by molar-refractivity contribution is 0.415. The Balaban J connectivity index is 1.19. The zero-order valence-corrected chi connectivity index (χ0v) is 21.9. The number of rotatable bonds is 5. The van der Waals surface area contributed by atoms with Gasteiger partial charge in [0.2, 0.25) is 5.95 Å². The molecule has 5 heterocycles. The van der Waals surface area contributed by atoms with E-state index in [1.165, 1.54) is 12.8 Å². The number of fused-ring (bicyclic) bond motifs is 1. The highest BCUT2D eigenvalue weighted by atomic mass is 35.5. The van der Waals surface area contributed by atoms with Gasteiger partial charge in [-0.25, -0.2) is 4.98 Å². The molecule has 4 aromatic rings. The molecule has 9 nitrogen and oxygen atoms in total. The van der Waals surface area contributed by atoms with Gasteiger partial charge in [0.25, 0.3) is 0 Å². The van der Waals surface area contributed by atoms with Crippen molar-refractivity contribution in [2.24, 2.45) is 0 Å². The average molecular weight is 519 g/mol. The number of imidazole rings is 1. The van der Waals surface area contributed by atoms with Gasteiger partial charge in [0.1, 0.15) is 23.0 Å². The topological polar surface area (TPSA) is 88.1 Å². The molecule has 2 aliphatic rings. The Labute approximate surface area is 221 Å². The lowest BCUT2D eigenvalue weighted by atomic mass is 10.1. The third-order valence-corrected chi connectivity index (χ3v) is 7.63. The van der Waals surface area contributed by atoms with Gasteiger partial charge >= 0.3 is 0 Å². The maximum absolute atomic E-state index is 6.40. The van der Waals surface area contributed by atoms with Crippen LogP contribution in [0.2, 0.25) is 5.02 Å². The fourth-order valence-corrected chi connectivity index (χ4v) is 5.53. The van der Waals surface area contributed by atoms with Crippen LogP contribution in [0, 0.1) is 6.92 Å². The van der Waals surface area contributed by atoms with Crippen LogP contribution in [0.1, 0.15) is 18.4 Å². The van der Waals surface area contributed by atoms with E-state index in [0.29, 0.717) is 16.7 Å². The van der Waals surface area contributed by atoms with Gasteiger partial charge in [-0.05, 0) is 43.5 Å². The van der Waals surface area contributed by atoms with Crippen molar-refractivity contribution in [2.75, 3.05) is 66.8 Å². The second-order valence-corrected chi connectivity index (χ2v) is 10.1. The van der Waals surface area contributed by atoms with E-state index in [-0.39, 0.29) is 0 Å². The van der Waals surface area contributed by atoms with Gasteiger partial charge in [0.05, 0.1) is 17.8 Å². The summed E-state index contributed by atoms with van der Waals surface area (Å²) in [5.41, 5.74) is 11.1. The molecular weight excluding hydrogens is 488 g/mol. The molecule has 1 aromatic carbocycles. The van der Waals surface area contributed by atoms with Crippen LogP contribution in [0.25, 0.3) is 16.9 Å². The Morgan fingerprint density at radius 3 is 2.24 bits per heavy atom. The maximum Gasteiger partial charge on any atom is 0.223 e. The minimum absolute atomic E-state index is 0.343. The molecule has 2 saturated heterocycles. The molecule has 2 N–H and O–H groups in total. The van der Waals surface area contributed by atoms with Crippen LogP contribution in [0.3, 0.4) is 0 Å². The van der Waals surface area contributed by atoms with Gasteiger partial charge in [0, 0.05) is 75.0 Å². The van der Waals surface area contributed by atoms with Crippen molar-refractivity contribution in [3.05, 3.63) is 53.3 Å². The molecule has 0 spiro atoms. The summed E-state index contributed by atoms with van der Waals surface area (Å²) in [6, 6.07) is 10.3. The third kappa shape index (κ3) is 4.59. The van der Waals surface area contributed by atoms with Crippen LogP contribution < -0.4 is 25.2 Å². The number of aromatic nitrogens is 4. The number of hydrogen-bond acceptors (Lipinski definition) is 8. The van der Waals surface area contributed by atoms with E-state index < -0.39 is 0 Å². The summed E-state index contributed by atoms with van der Waals surface area (Å²) in [6.45, 7) is 7.62. The van der Waals surface area contributed by atoms with E-state index in [1.54, 1.807) is 7.11 Å². The third-order valence-electron chi connectivity index (χ3n) is 7.33. The van der Waals surface area contributed by atoms with E-state index >= 15 is 0 Å². The van der Waals surface area contributed by atoms with Crippen molar-refractivity contribution in [3.8, 4) is 17.0 Å². The van der Waals surface area contributed by atoms with Crippen LogP contribution in [0.4, 0.5) is 23.3 Å². The molecular formula is C27H31ClN8O. The number of benzene rings is 1. The fraction of sp³-hybridized carbons (Fsp3) is 0.370. The van der Waals surface area contributed by atoms with E-state index in [0.717, 1.165) is 79.1 Å². The average Bonchev–Trinajstić information content (AvgIpc) is 3.59. The minimum atomic E-state index is 0.343. The van der Waals surface area contributed by atoms with Gasteiger partial charge in [-0.2, -0.15) is 9.97 Å². The van der Waals surface area contributed by atoms with Gasteiger partial charge in [-0.15, -0.1) is 0 Å². The number of methoxy groups -OCH3 is 1. The number of pyridine rings is 1. The van der Waals surface area contributed by atoms with Crippen LogP contribution in [-0.2, 0) is 0 Å². The van der Waals surface area contributed by atoms with Gasteiger partial charge in [-0.3, -0.25) is 0 Å². The van der Waals surface area contributed by atoms with Gasteiger partial charge < -0.3 is 29.6 Å². The van der Waals surface area contributed by atoms with Crippen molar-refractivity contribution < 1.29 is 4.74 Å². The second-order valence-electron chi connectivity index (χ2n) is 9.69. The highest BCUT2D eigenvalue weighted by molar-refractivity contribution is 6.32. The Bertz CT molecular complexity index is 1440. The standard InChI is InChI=1S/C27H31ClN8O/c1-18-13-23(37-2)21(28)15-20(18)22-17-36-8-5-19(14-24(36)30-22)33-9-11-35(12-10-33)26-16-25(31-27(29)32-26)34-6-3-4-7-34/h5,8,13-17H,3-4,6-7,9-12H2,1-2H3,(H2,29,31,32). The number of nitrogens with two attached hydrogens (primary N) is 1. The lowest BCUT2D eigenvalue weighted by Gasteiger charge is -2.37. The summed E-state index contributed by atoms with van der Waals surface area (Å²) >= 11 is 6.40. The first kappa shape index (κ1) is 23.7. The molecule has 0 unspecified atom stereocenters. The number of hydrogen-bond donors (Lipinski definition) is 1. The molecule has 3 aromatic heterocycles. The first-order valence-electron chi connectivity index (χ1n) is 12.7. The van der Waals surface area contributed by atoms with Crippen LogP contribution in [-0.4, -0.2) is 65.7 Å². The van der Waals surface area contributed by atoms with Gasteiger partial charge in [0.15, 0.2) is 0 Å². The summed E-state index contributed by atoms with van der Waals surface area (Å²) in [5, 5.41) is 0.580. The zero-order chi connectivity index (χ0) is 25.5. The summed E-state index contributed by atoms with van der Waals surface area (Å²) in [5.74, 6) is 2.87. The first-order chi connectivity index (χ1) is 18.0. The lowest BCUT2D eigenvalue weighted by Crippen LogP contribution is -2.47. The normalized spacial score (nSPS) is 16.1. The molecule has 0 radical (unpaired) electrons. The second kappa shape index (κ2) is 9.63. The van der Waals surface area contributed by atoms with E-state index in [9.17, 15) is 0 Å². The van der Waals surface area contributed by atoms with Gasteiger partial charge in [-0.1, -0.05) is 11.6 Å². The van der Waals surface area contributed by atoms with E-state index in [4.69, 9.17) is 27.1 Å². The quantitative estimate of drug-likeness (QED) is 0.419. The summed E-state index contributed by atoms with van der Waals surface area (Å²) in [7, 11) is 1.63. The number of ether oxygens (including phenoxy) is 1. The predicted octanol–water partition coefficient (Wildman–Crippen LogP) is 4.27. The predicted molar refractivity (Wildman–Crippen MR) is 149 cm³/mol. The maximum atomic E-state index is 6.40. The smallest absolute Gasteiger partial charge is 0.223 e. The van der Waals surface area contributed by atoms with Crippen molar-refractivity contribution in [3.63, 3.8) is 0 Å². The molecule has 0 saturated carbocycles. The van der Waals surface area contributed by atoms with Crippen LogP contribution in [0.5, 0.6) is 5.75 Å². The Morgan fingerprint density at radius 2 is 1.54 bits per heavy atom. The van der Waals surface area contributed by atoms with Crippen LogP contribution in [0.15, 0.2) is 42.7 Å². The molecule has 192 valence electrons. The largest absolute Gasteiger partial charge is 0.495 e. The summed E-state index contributed by atoms with van der Waals surface area (Å²) in [4.78, 5) is 20.9. The number of halogens is 1. The Hall–Kier alpha value is -3.72. The van der Waals surface area contributed by atoms with Crippen molar-refractivity contribution >= 4 is 40.5 Å². The molecule has 2 fully saturated rings. The minimum Gasteiger partial charge on any atom is -0.495 e. The Kier molecular flexibility index (Phi) is 6.16. The molecule has 0 atom stereocenters. The molecule has 10 heteroatoms. The summed E-state index contributed by atoms with van der Waals surface area (Å²) in [6.07, 6.45) is 6.52. The Morgan fingerprint density at radius 1 is 0.865 bits per heavy atom. The highest BCUT2D eigenvalue weighted by Gasteiger charge is 2.22. The monoisotopic (exact) mass is 518 g/mol. The van der Waals surface area contributed by atoms with Crippen LogP contribution >= 0.6 is 11.6 Å². The van der Waals surface area contributed by atoms with Crippen molar-refractivity contribution in [1.29, 1.82) is 0 Å². The van der Waals surface area contributed by atoms with Crippen molar-refractivity contribution in [2.45, 2.75) is 19.8 Å². The number of nitrogen functional groups attached to an aromatic ring is 1. The fourth-order valence-electron chi connectivity index (χ4n) is 5.29. The molecule has 6 rings (SSSR count). The SMILES string of the molecule is COc1cc(C)c(-c2cn3ccc(N4CCN(c5cc(N6CCCC6)nc(N)n5)CC4)cc3n2)cc1Cl.